The van der Waals surface area contributed by atoms with Crippen LogP contribution in [-0.4, -0.2) is 65.6 Å². The van der Waals surface area contributed by atoms with Gasteiger partial charge in [0.15, 0.2) is 5.12 Å². The van der Waals surface area contributed by atoms with Gasteiger partial charge in [-0.3, -0.25) is 9.59 Å². The molecule has 36 heavy (non-hydrogen) atoms. The third-order valence-corrected chi connectivity index (χ3v) is 6.56. The number of esters is 1. The standard InChI is InChI=1S/C26H38N2O7S/c1-18(29)36-17-20(23(30)28-15-7-9-22(28)24(31)35-26(2,3)4)8-6-14-27-25(32)34-16-19-10-12-21(33-5)13-11-19/h10-13,20,22H,6-9,14-17H2,1-5H3,(H,27,32)/t20?,22-/m0/s1. The van der Waals surface area contributed by atoms with Crippen LogP contribution in [0.25, 0.3) is 0 Å². The second-order valence-electron chi connectivity index (χ2n) is 9.72. The normalized spacial score (nSPS) is 16.2. The predicted octanol–water partition coefficient (Wildman–Crippen LogP) is 3.93. The summed E-state index contributed by atoms with van der Waals surface area (Å²) in [6.45, 7) is 7.80. The van der Waals surface area contributed by atoms with Gasteiger partial charge >= 0.3 is 12.1 Å². The number of nitrogens with one attached hydrogen (secondary N) is 1. The molecule has 2 amide bonds. The third kappa shape index (κ3) is 10.1. The van der Waals surface area contributed by atoms with E-state index >= 15 is 0 Å². The molecular formula is C26H38N2O7S. The van der Waals surface area contributed by atoms with Crippen molar-refractivity contribution in [2.75, 3.05) is 26.0 Å². The average Bonchev–Trinajstić information content (AvgIpc) is 3.31. The average molecular weight is 523 g/mol. The van der Waals surface area contributed by atoms with Gasteiger partial charge in [-0.05, 0) is 64.2 Å². The van der Waals surface area contributed by atoms with Crippen LogP contribution in [0.5, 0.6) is 5.75 Å². The van der Waals surface area contributed by atoms with Crippen molar-refractivity contribution in [3.8, 4) is 5.75 Å². The molecule has 1 unspecified atom stereocenters. The van der Waals surface area contributed by atoms with Gasteiger partial charge in [-0.2, -0.15) is 0 Å². The van der Waals surface area contributed by atoms with Gasteiger partial charge in [-0.15, -0.1) is 0 Å². The highest BCUT2D eigenvalue weighted by Crippen LogP contribution is 2.26. The number of methoxy groups -OCH3 is 1. The smallest absolute Gasteiger partial charge is 0.407 e. The molecule has 9 nitrogen and oxygen atoms in total. The number of carbonyl (C=O) groups is 4. The molecule has 0 aromatic heterocycles. The number of thioether (sulfide) groups is 1. The van der Waals surface area contributed by atoms with Crippen molar-refractivity contribution < 1.29 is 33.4 Å². The maximum atomic E-state index is 13.3. The number of carbonyl (C=O) groups excluding carboxylic acids is 4. The topological polar surface area (TPSA) is 111 Å². The van der Waals surface area contributed by atoms with Crippen LogP contribution in [0.15, 0.2) is 24.3 Å². The first-order valence-electron chi connectivity index (χ1n) is 12.2. The van der Waals surface area contributed by atoms with Gasteiger partial charge in [0.1, 0.15) is 24.0 Å². The van der Waals surface area contributed by atoms with Crippen molar-refractivity contribution in [3.05, 3.63) is 29.8 Å². The van der Waals surface area contributed by atoms with Gasteiger partial charge in [-0.25, -0.2) is 9.59 Å². The fourth-order valence-electron chi connectivity index (χ4n) is 3.84. The molecule has 0 saturated carbocycles. The molecule has 0 radical (unpaired) electrons. The monoisotopic (exact) mass is 522 g/mol. The molecule has 10 heteroatoms. The molecule has 2 atom stereocenters. The zero-order valence-electron chi connectivity index (χ0n) is 21.8. The molecule has 2 rings (SSSR count). The van der Waals surface area contributed by atoms with Gasteiger partial charge in [0.05, 0.1) is 7.11 Å². The van der Waals surface area contributed by atoms with Gasteiger partial charge in [0.25, 0.3) is 0 Å². The summed E-state index contributed by atoms with van der Waals surface area (Å²) in [4.78, 5) is 51.2. The van der Waals surface area contributed by atoms with E-state index in [1.165, 1.54) is 6.92 Å². The molecule has 1 fully saturated rings. The van der Waals surface area contributed by atoms with Crippen LogP contribution in [0.4, 0.5) is 4.79 Å². The molecule has 0 spiro atoms. The summed E-state index contributed by atoms with van der Waals surface area (Å²) >= 11 is 1.10. The molecule has 1 aromatic rings. The van der Waals surface area contributed by atoms with E-state index in [-0.39, 0.29) is 17.6 Å². The highest BCUT2D eigenvalue weighted by Gasteiger charge is 2.39. The summed E-state index contributed by atoms with van der Waals surface area (Å²) in [5, 5.41) is 2.63. The van der Waals surface area contributed by atoms with Crippen LogP contribution >= 0.6 is 11.8 Å². The van der Waals surface area contributed by atoms with E-state index in [9.17, 15) is 19.2 Å². The van der Waals surface area contributed by atoms with Crippen molar-refractivity contribution in [3.63, 3.8) is 0 Å². The predicted molar refractivity (Wildman–Crippen MR) is 138 cm³/mol. The van der Waals surface area contributed by atoms with Crippen LogP contribution in [0, 0.1) is 5.92 Å². The number of benzene rings is 1. The summed E-state index contributed by atoms with van der Waals surface area (Å²) in [5.74, 6) is 0.0561. The molecule has 1 aromatic carbocycles. The Morgan fingerprint density at radius 1 is 1.17 bits per heavy atom. The van der Waals surface area contributed by atoms with E-state index in [0.717, 1.165) is 29.5 Å². The van der Waals surface area contributed by atoms with Crippen molar-refractivity contribution in [2.24, 2.45) is 5.92 Å². The Hall–Kier alpha value is -2.75. The lowest BCUT2D eigenvalue weighted by atomic mass is 10.0. The van der Waals surface area contributed by atoms with Crippen LogP contribution in [0.2, 0.25) is 0 Å². The largest absolute Gasteiger partial charge is 0.497 e. The maximum absolute atomic E-state index is 13.3. The number of likely N-dealkylation sites (tertiary alicyclic amines) is 1. The third-order valence-electron chi connectivity index (χ3n) is 5.58. The highest BCUT2D eigenvalue weighted by atomic mass is 32.2. The SMILES string of the molecule is COc1ccc(COC(=O)NCCCC(CSC(C)=O)C(=O)N2CCC[C@H]2C(=O)OC(C)(C)C)cc1. The molecule has 0 aliphatic carbocycles. The van der Waals surface area contributed by atoms with Gasteiger partial charge in [0, 0.05) is 31.7 Å². The fourth-order valence-corrected chi connectivity index (χ4v) is 4.58. The molecular weight excluding hydrogens is 484 g/mol. The van der Waals surface area contributed by atoms with Crippen LogP contribution in [-0.2, 0) is 30.5 Å². The summed E-state index contributed by atoms with van der Waals surface area (Å²) in [6.07, 6.45) is 1.74. The van der Waals surface area contributed by atoms with Gasteiger partial charge in [0.2, 0.25) is 5.91 Å². The molecule has 200 valence electrons. The van der Waals surface area contributed by atoms with Crippen LogP contribution in [0.1, 0.15) is 58.9 Å². The second-order valence-corrected chi connectivity index (χ2v) is 10.9. The Labute approximate surface area is 217 Å². The maximum Gasteiger partial charge on any atom is 0.407 e. The van der Waals surface area contributed by atoms with Crippen molar-refractivity contribution in [2.45, 2.75) is 71.6 Å². The first-order chi connectivity index (χ1) is 17.0. The quantitative estimate of drug-likeness (QED) is 0.344. The van der Waals surface area contributed by atoms with Crippen molar-refractivity contribution in [1.29, 1.82) is 0 Å². The minimum atomic E-state index is -0.633. The minimum absolute atomic E-state index is 0.0712. The zero-order chi connectivity index (χ0) is 26.7. The van der Waals surface area contributed by atoms with Gasteiger partial charge < -0.3 is 24.4 Å². The Balaban J connectivity index is 1.85. The number of hydrogen-bond acceptors (Lipinski definition) is 8. The molecule has 1 heterocycles. The van der Waals surface area contributed by atoms with E-state index < -0.39 is 29.6 Å². The first kappa shape index (κ1) is 29.5. The Morgan fingerprint density at radius 2 is 1.86 bits per heavy atom. The molecule has 1 N–H and O–H groups in total. The highest BCUT2D eigenvalue weighted by molar-refractivity contribution is 8.13. The van der Waals surface area contributed by atoms with Crippen LogP contribution < -0.4 is 10.1 Å². The first-order valence-corrected chi connectivity index (χ1v) is 13.2. The van der Waals surface area contributed by atoms with Crippen molar-refractivity contribution in [1.82, 2.24) is 10.2 Å². The zero-order valence-corrected chi connectivity index (χ0v) is 22.7. The molecule has 1 saturated heterocycles. The second kappa shape index (κ2) is 14.1. The molecule has 1 aliphatic heterocycles. The number of hydrogen-bond donors (Lipinski definition) is 1. The molecule has 0 bridgehead atoms. The van der Waals surface area contributed by atoms with E-state index in [4.69, 9.17) is 14.2 Å². The van der Waals surface area contributed by atoms with Crippen molar-refractivity contribution >= 4 is 34.8 Å². The summed E-state index contributed by atoms with van der Waals surface area (Å²) in [7, 11) is 1.58. The number of ether oxygens (including phenoxy) is 3. The Morgan fingerprint density at radius 3 is 2.47 bits per heavy atom. The van der Waals surface area contributed by atoms with E-state index in [2.05, 4.69) is 5.32 Å². The van der Waals surface area contributed by atoms with Crippen LogP contribution in [0.3, 0.4) is 0 Å². The van der Waals surface area contributed by atoms with E-state index in [1.807, 2.05) is 12.1 Å². The van der Waals surface area contributed by atoms with E-state index in [0.29, 0.717) is 38.1 Å². The number of amides is 2. The van der Waals surface area contributed by atoms with Gasteiger partial charge in [-0.1, -0.05) is 23.9 Å². The lowest BCUT2D eigenvalue weighted by Crippen LogP contribution is -2.46. The lowest BCUT2D eigenvalue weighted by Gasteiger charge is -2.30. The fraction of sp³-hybridized carbons (Fsp3) is 0.615. The van der Waals surface area contributed by atoms with E-state index in [1.54, 1.807) is 44.9 Å². The number of nitrogens with zero attached hydrogens (tertiary/aromatic N) is 1. The lowest BCUT2D eigenvalue weighted by molar-refractivity contribution is -0.163. The summed E-state index contributed by atoms with van der Waals surface area (Å²) in [5.41, 5.74) is 0.203. The number of rotatable bonds is 11. The Kier molecular flexibility index (Phi) is 11.6. The molecule has 1 aliphatic rings. The number of alkyl carbamates (subject to hydrolysis) is 1. The Bertz CT molecular complexity index is 899. The minimum Gasteiger partial charge on any atom is -0.497 e. The summed E-state index contributed by atoms with van der Waals surface area (Å²) in [6, 6.07) is 6.62. The summed E-state index contributed by atoms with van der Waals surface area (Å²) < 4.78 is 15.8.